The van der Waals surface area contributed by atoms with Gasteiger partial charge in [0.1, 0.15) is 0 Å². The molecule has 6 heteroatoms. The highest BCUT2D eigenvalue weighted by molar-refractivity contribution is 9.08. The van der Waals surface area contributed by atoms with Gasteiger partial charge in [0.25, 0.3) is 12.0 Å². The van der Waals surface area contributed by atoms with Crippen molar-refractivity contribution in [3.05, 3.63) is 27.5 Å². The van der Waals surface area contributed by atoms with Crippen molar-refractivity contribution in [2.75, 3.05) is 0 Å². The summed E-state index contributed by atoms with van der Waals surface area (Å²) in [4.78, 5) is 12.7. The van der Waals surface area contributed by atoms with Crippen LogP contribution in [-0.4, -0.2) is 10.1 Å². The van der Waals surface area contributed by atoms with Crippen molar-refractivity contribution >= 4 is 15.9 Å². The number of hydrogen-bond donors (Lipinski definition) is 2. The zero-order valence-corrected chi connectivity index (χ0v) is 7.94. The Hall–Kier alpha value is -0.910. The molecule has 1 heterocycles. The molecule has 3 nitrogen and oxygen atoms in total. The number of aromatic amines is 1. The minimum Gasteiger partial charge on any atom is -0.494 e. The van der Waals surface area contributed by atoms with Crippen molar-refractivity contribution in [1.29, 1.82) is 0 Å². The SMILES string of the molecule is O=c1cc(CBr)c(C(F)F)c(O)[nH]1. The fraction of sp³-hybridized carbons (Fsp3) is 0.286. The Bertz CT molecular complexity index is 364. The van der Waals surface area contributed by atoms with E-state index in [2.05, 4.69) is 15.9 Å². The smallest absolute Gasteiger partial charge is 0.269 e. The normalized spacial score (nSPS) is 10.8. The standard InChI is InChI=1S/C7H6BrF2NO2/c8-2-3-1-4(12)11-7(13)5(3)6(9)10/h1,6H,2H2,(H2,11,12,13). The maximum Gasteiger partial charge on any atom is 0.269 e. The van der Waals surface area contributed by atoms with Gasteiger partial charge in [-0.25, -0.2) is 8.78 Å². The molecule has 2 N–H and O–H groups in total. The van der Waals surface area contributed by atoms with Crippen molar-refractivity contribution in [1.82, 2.24) is 4.98 Å². The minimum absolute atomic E-state index is 0.0938. The molecule has 0 atom stereocenters. The molecule has 1 aromatic heterocycles. The molecule has 0 radical (unpaired) electrons. The van der Waals surface area contributed by atoms with E-state index in [-0.39, 0.29) is 10.9 Å². The van der Waals surface area contributed by atoms with E-state index in [0.29, 0.717) is 0 Å². The number of alkyl halides is 3. The van der Waals surface area contributed by atoms with Crippen LogP contribution in [0.3, 0.4) is 0 Å². The molecule has 0 aliphatic heterocycles. The summed E-state index contributed by atoms with van der Waals surface area (Å²) in [6.45, 7) is 0. The van der Waals surface area contributed by atoms with Crippen LogP contribution in [0.5, 0.6) is 5.88 Å². The van der Waals surface area contributed by atoms with E-state index in [0.717, 1.165) is 6.07 Å². The predicted octanol–water partition coefficient (Wildman–Crippen LogP) is 1.91. The van der Waals surface area contributed by atoms with E-state index in [4.69, 9.17) is 5.11 Å². The van der Waals surface area contributed by atoms with Gasteiger partial charge in [-0.1, -0.05) is 15.9 Å². The largest absolute Gasteiger partial charge is 0.494 e. The highest BCUT2D eigenvalue weighted by Gasteiger charge is 2.18. The average molecular weight is 254 g/mol. The highest BCUT2D eigenvalue weighted by Crippen LogP contribution is 2.29. The summed E-state index contributed by atoms with van der Waals surface area (Å²) in [6.07, 6.45) is -2.80. The number of pyridine rings is 1. The molecule has 0 aromatic carbocycles. The lowest BCUT2D eigenvalue weighted by Crippen LogP contribution is -2.08. The third-order valence-electron chi connectivity index (χ3n) is 1.51. The van der Waals surface area contributed by atoms with Crippen LogP contribution in [0.25, 0.3) is 0 Å². The summed E-state index contributed by atoms with van der Waals surface area (Å²) in [5.74, 6) is -0.767. The molecule has 13 heavy (non-hydrogen) atoms. The zero-order valence-electron chi connectivity index (χ0n) is 6.35. The Labute approximate surface area is 80.5 Å². The molecule has 0 aliphatic carbocycles. The first-order valence-corrected chi connectivity index (χ1v) is 4.47. The number of nitrogens with one attached hydrogen (secondary N) is 1. The maximum atomic E-state index is 12.3. The van der Waals surface area contributed by atoms with Crippen molar-refractivity contribution in [2.24, 2.45) is 0 Å². The number of rotatable bonds is 2. The van der Waals surface area contributed by atoms with E-state index < -0.39 is 23.4 Å². The minimum atomic E-state index is -2.80. The van der Waals surface area contributed by atoms with Crippen molar-refractivity contribution in [3.8, 4) is 5.88 Å². The molecule has 0 unspecified atom stereocenters. The third-order valence-corrected chi connectivity index (χ3v) is 2.11. The second kappa shape index (κ2) is 3.87. The molecule has 0 spiro atoms. The molecule has 1 aromatic rings. The molecule has 0 amide bonds. The van der Waals surface area contributed by atoms with Crippen molar-refractivity contribution in [3.63, 3.8) is 0 Å². The number of aromatic nitrogens is 1. The summed E-state index contributed by atoms with van der Waals surface area (Å²) in [5, 5.41) is 9.12. The first-order chi connectivity index (χ1) is 6.06. The van der Waals surface area contributed by atoms with Crippen molar-refractivity contribution in [2.45, 2.75) is 11.8 Å². The van der Waals surface area contributed by atoms with E-state index >= 15 is 0 Å². The van der Waals surface area contributed by atoms with Crippen LogP contribution < -0.4 is 5.56 Å². The molecule has 0 fully saturated rings. The summed E-state index contributed by atoms with van der Waals surface area (Å²) >= 11 is 2.95. The van der Waals surface area contributed by atoms with Crippen molar-refractivity contribution < 1.29 is 13.9 Å². The van der Waals surface area contributed by atoms with Gasteiger partial charge in [-0.15, -0.1) is 0 Å². The quantitative estimate of drug-likeness (QED) is 0.792. The average Bonchev–Trinajstić information content (AvgIpc) is 2.01. The number of H-pyrrole nitrogens is 1. The molecule has 1 rings (SSSR count). The van der Waals surface area contributed by atoms with Crippen LogP contribution in [0, 0.1) is 0 Å². The summed E-state index contributed by atoms with van der Waals surface area (Å²) < 4.78 is 24.6. The van der Waals surface area contributed by atoms with Gasteiger partial charge >= 0.3 is 0 Å². The van der Waals surface area contributed by atoms with E-state index in [1.165, 1.54) is 0 Å². The molecule has 0 saturated heterocycles. The van der Waals surface area contributed by atoms with Crippen LogP contribution in [0.2, 0.25) is 0 Å². The molecule has 0 bridgehead atoms. The first kappa shape index (κ1) is 10.2. The maximum absolute atomic E-state index is 12.3. The van der Waals surface area contributed by atoms with Gasteiger partial charge in [0.05, 0.1) is 5.56 Å². The van der Waals surface area contributed by atoms with Gasteiger partial charge in [-0.3, -0.25) is 9.78 Å². The summed E-state index contributed by atoms with van der Waals surface area (Å²) in [7, 11) is 0. The molecule has 72 valence electrons. The van der Waals surface area contributed by atoms with E-state index in [9.17, 15) is 13.6 Å². The predicted molar refractivity (Wildman–Crippen MR) is 46.3 cm³/mol. The summed E-state index contributed by atoms with van der Waals surface area (Å²) in [6, 6.07) is 1.02. The Kier molecular flexibility index (Phi) is 3.02. The van der Waals surface area contributed by atoms with Gasteiger partial charge in [0, 0.05) is 11.4 Å². The number of aromatic hydroxyl groups is 1. The van der Waals surface area contributed by atoms with Gasteiger partial charge in [0.15, 0.2) is 0 Å². The zero-order chi connectivity index (χ0) is 10.0. The van der Waals surface area contributed by atoms with Gasteiger partial charge < -0.3 is 5.11 Å². The third kappa shape index (κ3) is 2.06. The fourth-order valence-corrected chi connectivity index (χ4v) is 1.43. The Morgan fingerprint density at radius 2 is 2.23 bits per heavy atom. The van der Waals surface area contributed by atoms with E-state index in [1.807, 2.05) is 4.98 Å². The molecule has 0 saturated carbocycles. The highest BCUT2D eigenvalue weighted by atomic mass is 79.9. The van der Waals surface area contributed by atoms with Crippen LogP contribution in [0.1, 0.15) is 17.6 Å². The topological polar surface area (TPSA) is 53.1 Å². The van der Waals surface area contributed by atoms with Crippen LogP contribution in [-0.2, 0) is 5.33 Å². The van der Waals surface area contributed by atoms with Gasteiger partial charge in [-0.05, 0) is 5.56 Å². The molecular weight excluding hydrogens is 248 g/mol. The second-order valence-corrected chi connectivity index (χ2v) is 2.92. The lowest BCUT2D eigenvalue weighted by atomic mass is 10.1. The molecule has 0 aliphatic rings. The van der Waals surface area contributed by atoms with E-state index in [1.54, 1.807) is 0 Å². The first-order valence-electron chi connectivity index (χ1n) is 3.35. The number of hydrogen-bond acceptors (Lipinski definition) is 2. The monoisotopic (exact) mass is 253 g/mol. The summed E-state index contributed by atoms with van der Waals surface area (Å²) in [5.41, 5.74) is -1.04. The lowest BCUT2D eigenvalue weighted by Gasteiger charge is -2.06. The van der Waals surface area contributed by atoms with Crippen LogP contribution in [0.15, 0.2) is 10.9 Å². The van der Waals surface area contributed by atoms with Gasteiger partial charge in [0.2, 0.25) is 5.88 Å². The lowest BCUT2D eigenvalue weighted by molar-refractivity contribution is 0.145. The second-order valence-electron chi connectivity index (χ2n) is 2.36. The molecular formula is C7H6BrF2NO2. The Balaban J connectivity index is 3.38. The Morgan fingerprint density at radius 3 is 2.69 bits per heavy atom. The van der Waals surface area contributed by atoms with Crippen LogP contribution in [0.4, 0.5) is 8.78 Å². The Morgan fingerprint density at radius 1 is 1.62 bits per heavy atom. The van der Waals surface area contributed by atoms with Gasteiger partial charge in [-0.2, -0.15) is 0 Å². The fourth-order valence-electron chi connectivity index (χ4n) is 0.962. The van der Waals surface area contributed by atoms with Crippen LogP contribution >= 0.6 is 15.9 Å². The number of halogens is 3.